The van der Waals surface area contributed by atoms with Crippen LogP contribution in [0.25, 0.3) is 5.69 Å². The molecule has 0 radical (unpaired) electrons. The molecule has 0 aliphatic rings. The summed E-state index contributed by atoms with van der Waals surface area (Å²) in [5.74, 6) is -0.254. The van der Waals surface area contributed by atoms with Crippen LogP contribution in [0.2, 0.25) is 5.02 Å². The highest BCUT2D eigenvalue weighted by Crippen LogP contribution is 2.16. The molecule has 0 bridgehead atoms. The van der Waals surface area contributed by atoms with E-state index in [9.17, 15) is 4.79 Å². The van der Waals surface area contributed by atoms with E-state index >= 15 is 0 Å². The largest absolute Gasteiger partial charge is 0.347 e. The van der Waals surface area contributed by atoms with Gasteiger partial charge in [0.2, 0.25) is 0 Å². The third-order valence-corrected chi connectivity index (χ3v) is 4.33. The molecule has 0 spiro atoms. The van der Waals surface area contributed by atoms with Gasteiger partial charge in [0, 0.05) is 16.0 Å². The Labute approximate surface area is 152 Å². The van der Waals surface area contributed by atoms with Crippen LogP contribution in [0, 0.1) is 6.92 Å². The molecule has 0 fully saturated rings. The zero-order valence-electron chi connectivity index (χ0n) is 12.8. The van der Waals surface area contributed by atoms with Crippen LogP contribution in [0.4, 0.5) is 0 Å². The smallest absolute Gasteiger partial charge is 0.274 e. The summed E-state index contributed by atoms with van der Waals surface area (Å²) in [5.41, 5.74) is 2.79. The Morgan fingerprint density at radius 1 is 1.17 bits per heavy atom. The average molecular weight is 406 g/mol. The Morgan fingerprint density at radius 3 is 2.50 bits per heavy atom. The lowest BCUT2D eigenvalue weighted by molar-refractivity contribution is 0.0945. The lowest BCUT2D eigenvalue weighted by Crippen LogP contribution is -2.24. The van der Waals surface area contributed by atoms with Gasteiger partial charge >= 0.3 is 0 Å². The van der Waals surface area contributed by atoms with E-state index in [1.54, 1.807) is 16.8 Å². The maximum Gasteiger partial charge on any atom is 0.274 e. The molecule has 0 atom stereocenters. The van der Waals surface area contributed by atoms with Gasteiger partial charge < -0.3 is 5.32 Å². The lowest BCUT2D eigenvalue weighted by Gasteiger charge is -2.05. The van der Waals surface area contributed by atoms with Crippen molar-refractivity contribution in [3.05, 3.63) is 75.0 Å². The fourth-order valence-electron chi connectivity index (χ4n) is 2.23. The lowest BCUT2D eigenvalue weighted by atomic mass is 10.2. The highest BCUT2D eigenvalue weighted by atomic mass is 79.9. The zero-order chi connectivity index (χ0) is 17.1. The second kappa shape index (κ2) is 7.15. The molecular formula is C17H14BrClN4O. The van der Waals surface area contributed by atoms with E-state index in [0.29, 0.717) is 23.0 Å². The number of hydrogen-bond donors (Lipinski definition) is 1. The van der Waals surface area contributed by atoms with Crippen molar-refractivity contribution >= 4 is 33.4 Å². The van der Waals surface area contributed by atoms with Crippen molar-refractivity contribution in [3.63, 3.8) is 0 Å². The van der Waals surface area contributed by atoms with E-state index in [1.165, 1.54) is 0 Å². The van der Waals surface area contributed by atoms with Crippen LogP contribution in [0.1, 0.15) is 21.7 Å². The van der Waals surface area contributed by atoms with Crippen LogP contribution >= 0.6 is 27.5 Å². The molecule has 0 saturated heterocycles. The summed E-state index contributed by atoms with van der Waals surface area (Å²) >= 11 is 9.28. The molecule has 0 aliphatic carbocycles. The number of benzene rings is 2. The Morgan fingerprint density at radius 2 is 1.83 bits per heavy atom. The van der Waals surface area contributed by atoms with Crippen LogP contribution in [0.15, 0.2) is 53.0 Å². The molecule has 5 nitrogen and oxygen atoms in total. The number of halogens is 2. The zero-order valence-corrected chi connectivity index (χ0v) is 15.2. The molecule has 1 heterocycles. The molecular weight excluding hydrogens is 392 g/mol. The minimum absolute atomic E-state index is 0.254. The van der Waals surface area contributed by atoms with Crippen molar-refractivity contribution in [2.24, 2.45) is 0 Å². The predicted octanol–water partition coefficient (Wildman–Crippen LogP) is 3.92. The molecule has 1 aromatic heterocycles. The van der Waals surface area contributed by atoms with Crippen LogP contribution in [0.3, 0.4) is 0 Å². The van der Waals surface area contributed by atoms with Gasteiger partial charge in [0.1, 0.15) is 0 Å². The molecule has 0 saturated carbocycles. The second-order valence-electron chi connectivity index (χ2n) is 5.22. The molecule has 1 N–H and O–H groups in total. The van der Waals surface area contributed by atoms with E-state index in [-0.39, 0.29) is 5.91 Å². The minimum Gasteiger partial charge on any atom is -0.347 e. The molecule has 1 amide bonds. The van der Waals surface area contributed by atoms with Gasteiger partial charge in [-0.25, -0.2) is 4.68 Å². The first-order valence-electron chi connectivity index (χ1n) is 7.25. The highest BCUT2D eigenvalue weighted by molar-refractivity contribution is 9.10. The van der Waals surface area contributed by atoms with Crippen molar-refractivity contribution in [1.82, 2.24) is 20.3 Å². The number of hydrogen-bond acceptors (Lipinski definition) is 3. The molecule has 7 heteroatoms. The summed E-state index contributed by atoms with van der Waals surface area (Å²) in [5, 5.41) is 11.6. The van der Waals surface area contributed by atoms with Crippen molar-refractivity contribution in [2.75, 3.05) is 0 Å². The Bertz CT molecular complexity index is 859. The molecule has 3 rings (SSSR count). The fourth-order valence-corrected chi connectivity index (χ4v) is 2.63. The minimum atomic E-state index is -0.254. The third kappa shape index (κ3) is 3.66. The fraction of sp³-hybridized carbons (Fsp3) is 0.118. The van der Waals surface area contributed by atoms with Crippen molar-refractivity contribution in [1.29, 1.82) is 0 Å². The van der Waals surface area contributed by atoms with Gasteiger partial charge in [-0.15, -0.1) is 5.10 Å². The normalized spacial score (nSPS) is 10.6. The summed E-state index contributed by atoms with van der Waals surface area (Å²) in [7, 11) is 0. The van der Waals surface area contributed by atoms with Crippen LogP contribution in [-0.2, 0) is 6.54 Å². The average Bonchev–Trinajstić information content (AvgIpc) is 2.96. The van der Waals surface area contributed by atoms with Crippen LogP contribution in [-0.4, -0.2) is 20.9 Å². The summed E-state index contributed by atoms with van der Waals surface area (Å²) in [6.45, 7) is 2.24. The highest BCUT2D eigenvalue weighted by Gasteiger charge is 2.17. The third-order valence-electron chi connectivity index (χ3n) is 3.55. The Balaban J connectivity index is 1.74. The van der Waals surface area contributed by atoms with Crippen LogP contribution < -0.4 is 5.32 Å². The molecule has 0 unspecified atom stereocenters. The summed E-state index contributed by atoms with van der Waals surface area (Å²) < 4.78 is 2.62. The van der Waals surface area contributed by atoms with E-state index in [0.717, 1.165) is 15.7 Å². The topological polar surface area (TPSA) is 59.8 Å². The molecule has 0 aliphatic heterocycles. The van der Waals surface area contributed by atoms with E-state index < -0.39 is 0 Å². The summed E-state index contributed by atoms with van der Waals surface area (Å²) in [6, 6.07) is 15.0. The van der Waals surface area contributed by atoms with Gasteiger partial charge in [0.05, 0.1) is 11.4 Å². The summed E-state index contributed by atoms with van der Waals surface area (Å²) in [6.07, 6.45) is 0. The SMILES string of the molecule is Cc1c(C(=O)NCc2ccc(Br)cc2)nnn1-c1ccc(Cl)cc1. The van der Waals surface area contributed by atoms with Gasteiger partial charge in [0.15, 0.2) is 5.69 Å². The van der Waals surface area contributed by atoms with Crippen molar-refractivity contribution < 1.29 is 4.79 Å². The molecule has 24 heavy (non-hydrogen) atoms. The first-order valence-corrected chi connectivity index (χ1v) is 8.42. The standard InChI is InChI=1S/C17H14BrClN4O/c1-11-16(17(24)20-10-12-2-4-13(18)5-3-12)21-22-23(11)15-8-6-14(19)7-9-15/h2-9H,10H2,1H3,(H,20,24). The van der Waals surface area contributed by atoms with Gasteiger partial charge in [-0.05, 0) is 48.9 Å². The van der Waals surface area contributed by atoms with Gasteiger partial charge in [0.25, 0.3) is 5.91 Å². The number of nitrogens with zero attached hydrogens (tertiary/aromatic N) is 3. The first kappa shape index (κ1) is 16.7. The van der Waals surface area contributed by atoms with Crippen LogP contribution in [0.5, 0.6) is 0 Å². The predicted molar refractivity (Wildman–Crippen MR) is 96.4 cm³/mol. The maximum atomic E-state index is 12.3. The van der Waals surface area contributed by atoms with Crippen molar-refractivity contribution in [3.8, 4) is 5.69 Å². The number of carbonyl (C=O) groups excluding carboxylic acids is 1. The number of amides is 1. The van der Waals surface area contributed by atoms with Crippen molar-refractivity contribution in [2.45, 2.75) is 13.5 Å². The number of aromatic nitrogens is 3. The Kier molecular flexibility index (Phi) is 4.97. The Hall–Kier alpha value is -2.18. The molecule has 2 aromatic carbocycles. The quantitative estimate of drug-likeness (QED) is 0.715. The van der Waals surface area contributed by atoms with E-state index in [4.69, 9.17) is 11.6 Å². The van der Waals surface area contributed by atoms with E-state index in [1.807, 2.05) is 43.3 Å². The number of nitrogens with one attached hydrogen (secondary N) is 1. The van der Waals surface area contributed by atoms with Gasteiger partial charge in [-0.1, -0.05) is 44.9 Å². The molecule has 3 aromatic rings. The number of carbonyl (C=O) groups is 1. The van der Waals surface area contributed by atoms with E-state index in [2.05, 4.69) is 31.6 Å². The first-order chi connectivity index (χ1) is 11.5. The second-order valence-corrected chi connectivity index (χ2v) is 6.57. The molecule has 122 valence electrons. The summed E-state index contributed by atoms with van der Waals surface area (Å²) in [4.78, 5) is 12.3. The van der Waals surface area contributed by atoms with Gasteiger partial charge in [-0.3, -0.25) is 4.79 Å². The maximum absolute atomic E-state index is 12.3. The number of rotatable bonds is 4. The van der Waals surface area contributed by atoms with Gasteiger partial charge in [-0.2, -0.15) is 0 Å². The monoisotopic (exact) mass is 404 g/mol.